The molecule has 2 aliphatic heterocycles. The fourth-order valence-electron chi connectivity index (χ4n) is 10.1. The van der Waals surface area contributed by atoms with Gasteiger partial charge in [0.05, 0.1) is 38.0 Å². The van der Waals surface area contributed by atoms with Gasteiger partial charge in [-0.05, 0) is 109 Å². The van der Waals surface area contributed by atoms with Crippen LogP contribution in [0.25, 0.3) is 37.6 Å². The Labute approximate surface area is 460 Å². The summed E-state index contributed by atoms with van der Waals surface area (Å²) in [6.07, 6.45) is 7.42. The maximum absolute atomic E-state index is 13.2. The van der Waals surface area contributed by atoms with Crippen molar-refractivity contribution in [3.8, 4) is 0 Å². The number of pyridine rings is 1. The molecule has 0 bridgehead atoms. The molecule has 32 heteroatoms. The first-order valence-corrected chi connectivity index (χ1v) is 32.7. The van der Waals surface area contributed by atoms with Gasteiger partial charge in [0, 0.05) is 88.0 Å². The Morgan fingerprint density at radius 1 is 0.700 bits per heavy atom. The molecule has 0 radical (unpaired) electrons. The Bertz CT molecular complexity index is 4320. The van der Waals surface area contributed by atoms with Crippen LogP contribution in [-0.4, -0.2) is 137 Å². The summed E-state index contributed by atoms with van der Waals surface area (Å²) in [5, 5.41) is 5.73. The van der Waals surface area contributed by atoms with Crippen LogP contribution in [0.3, 0.4) is 0 Å². The second-order valence-corrected chi connectivity index (χ2v) is 28.3. The summed E-state index contributed by atoms with van der Waals surface area (Å²) < 4.78 is 211. The van der Waals surface area contributed by atoms with Gasteiger partial charge in [0.1, 0.15) is 16.3 Å². The Morgan fingerprint density at radius 2 is 1.26 bits per heavy atom. The summed E-state index contributed by atoms with van der Waals surface area (Å²) in [4.78, 5) is 18.6. The van der Waals surface area contributed by atoms with E-state index in [2.05, 4.69) is 20.3 Å². The molecule has 5 aromatic rings. The number of nitrogens with one attached hydrogen (secondary N) is 1. The number of aromatic nitrogens is 1. The molecule has 7 N–H and O–H groups in total. The van der Waals surface area contributed by atoms with E-state index in [1.54, 1.807) is 61.5 Å². The van der Waals surface area contributed by atoms with Crippen LogP contribution in [0.5, 0.6) is 0 Å². The number of hydrogen-bond acceptors (Lipinski definition) is 16. The van der Waals surface area contributed by atoms with Crippen LogP contribution in [0.15, 0.2) is 122 Å². The summed E-state index contributed by atoms with van der Waals surface area (Å²) in [7, 11) is -29.6. The third-order valence-electron chi connectivity index (χ3n) is 13.5. The molecule has 0 atom stereocenters. The van der Waals surface area contributed by atoms with E-state index in [0.29, 0.717) is 41.3 Å². The van der Waals surface area contributed by atoms with Gasteiger partial charge in [0.25, 0.3) is 66.6 Å². The number of anilines is 1. The summed E-state index contributed by atoms with van der Waals surface area (Å²) in [6, 6.07) is 11.6. The third kappa shape index (κ3) is 13.1. The van der Waals surface area contributed by atoms with E-state index < -0.39 is 109 Å². The van der Waals surface area contributed by atoms with E-state index in [1.807, 2.05) is 0 Å². The zero-order chi connectivity index (χ0) is 59.3. The Morgan fingerprint density at radius 3 is 1.79 bits per heavy atom. The summed E-state index contributed by atoms with van der Waals surface area (Å²) >= 11 is 0. The SMILES string of the molecule is CC1(C)C(/C=C/C(=C/C=C2/N(CCCS(=O)(=O)O)c3ccc4c(S(=O)(=O)O)cc(S(=O)(=O)O)cc4c3C2(C)C)c2ccc(C(=O)NCCCN=[N+]=[N-])cn2)=[N+](CCCS(=O)(=O)O)c2ccc3c(S(=O)(=O)O)cc(S(=O)(=O)O)cc3c21. The number of benzene rings is 4. The van der Waals surface area contributed by atoms with Crippen LogP contribution in [0.1, 0.15) is 74.1 Å². The number of fused-ring (bicyclic) bond motifs is 6. The molecule has 1 amide bonds. The van der Waals surface area contributed by atoms with Gasteiger partial charge in [-0.1, -0.05) is 31.1 Å². The van der Waals surface area contributed by atoms with E-state index in [9.17, 15) is 82.6 Å². The number of carbonyl (C=O) groups is 1. The highest BCUT2D eigenvalue weighted by molar-refractivity contribution is 7.87. The lowest BCUT2D eigenvalue weighted by molar-refractivity contribution is -0.437. The van der Waals surface area contributed by atoms with Gasteiger partial charge < -0.3 is 10.2 Å². The highest BCUT2D eigenvalue weighted by Gasteiger charge is 2.47. The molecule has 428 valence electrons. The largest absolute Gasteiger partial charge is 0.352 e. The molecule has 0 aliphatic carbocycles. The standard InChI is InChI=1S/C48H51N7O19S6/c1-47(2)42(54(20-6-22-75(57,58)59)38-14-11-33-35(44(38)47)24-31(77(63,64)65)26-40(33)79(69,70)71)16-9-29(37-13-8-30(28-51-37)46(56)50-18-5-19-52-53-49)10-17-43-48(3,4)45-36-25-32(78(66,67)68)27-41(80(72,73)74)34(36)12-15-39(45)55(43)21-7-23-76(60,61)62/h8-17,24-28H,5-7,18-23H2,1-4H3,(H6-,50,56,57,58,59,60,61,62,63,64,65,66,67,68,69,70,71,72,73,74)/p+1. The molecule has 1 aromatic heterocycles. The molecular formula is C48H52N7O19S6+. The number of allylic oxidation sites excluding steroid dienone is 6. The predicted octanol–water partition coefficient (Wildman–Crippen LogP) is 6.06. The number of amides is 1. The molecule has 26 nitrogen and oxygen atoms in total. The van der Waals surface area contributed by atoms with Crippen LogP contribution in [0.4, 0.5) is 11.4 Å². The van der Waals surface area contributed by atoms with Crippen molar-refractivity contribution in [1.29, 1.82) is 0 Å². The van der Waals surface area contributed by atoms with Gasteiger partial charge in [-0.15, -0.1) is 0 Å². The first kappa shape index (κ1) is 61.1. The quantitative estimate of drug-likeness (QED) is 0.00834. The Kier molecular flexibility index (Phi) is 16.9. The lowest BCUT2D eigenvalue weighted by atomic mass is 9.79. The molecular weight excluding hydrogens is 1170 g/mol. The zero-order valence-corrected chi connectivity index (χ0v) is 47.5. The normalized spacial score (nSPS) is 16.4. The van der Waals surface area contributed by atoms with Crippen LogP contribution >= 0.6 is 0 Å². The molecule has 2 aliphatic rings. The van der Waals surface area contributed by atoms with Gasteiger partial charge >= 0.3 is 0 Å². The van der Waals surface area contributed by atoms with Crippen molar-refractivity contribution in [2.75, 3.05) is 42.6 Å². The molecule has 7 rings (SSSR count). The van der Waals surface area contributed by atoms with Crippen molar-refractivity contribution in [2.45, 2.75) is 77.4 Å². The van der Waals surface area contributed by atoms with Crippen LogP contribution in [0, 0.1) is 0 Å². The first-order valence-electron chi connectivity index (χ1n) is 23.7. The highest BCUT2D eigenvalue weighted by Crippen LogP contribution is 2.52. The van der Waals surface area contributed by atoms with Gasteiger partial charge in [0.2, 0.25) is 5.69 Å². The fourth-order valence-corrected chi connectivity index (χ4v) is 13.7. The molecule has 0 unspecified atom stereocenters. The number of carbonyl (C=O) groups excluding carboxylic acids is 1. The second kappa shape index (κ2) is 22.1. The van der Waals surface area contributed by atoms with Crippen LogP contribution in [-0.2, 0) is 71.5 Å². The maximum atomic E-state index is 13.2. The van der Waals surface area contributed by atoms with E-state index in [1.165, 1.54) is 42.6 Å². The minimum absolute atomic E-state index is 0.0516. The number of hydrogen-bond donors (Lipinski definition) is 7. The topological polar surface area (TPSA) is 423 Å². The number of nitrogens with zero attached hydrogens (tertiary/aromatic N) is 6. The molecule has 4 aromatic carbocycles. The van der Waals surface area contributed by atoms with Crippen molar-refractivity contribution in [3.05, 3.63) is 130 Å². The van der Waals surface area contributed by atoms with Gasteiger partial charge in [-0.2, -0.15) is 55.1 Å². The minimum Gasteiger partial charge on any atom is -0.352 e. The molecule has 80 heavy (non-hydrogen) atoms. The van der Waals surface area contributed by atoms with Gasteiger partial charge in [-0.25, -0.2) is 0 Å². The summed E-state index contributed by atoms with van der Waals surface area (Å²) in [5.74, 6) is -1.98. The smallest absolute Gasteiger partial charge is 0.295 e. The second-order valence-electron chi connectivity index (χ2n) is 19.6. The molecule has 0 fully saturated rings. The van der Waals surface area contributed by atoms with Gasteiger partial charge in [-0.3, -0.25) is 37.1 Å². The lowest BCUT2D eigenvalue weighted by Gasteiger charge is -2.27. The maximum Gasteiger partial charge on any atom is 0.295 e. The first-order chi connectivity index (χ1) is 36.9. The summed E-state index contributed by atoms with van der Waals surface area (Å²) in [5.41, 5.74) is 8.27. The van der Waals surface area contributed by atoms with Crippen molar-refractivity contribution in [3.63, 3.8) is 0 Å². The average Bonchev–Trinajstić information content (AvgIpc) is 3.69. The Hall–Kier alpha value is -6.52. The molecule has 0 saturated carbocycles. The number of azide groups is 1. The van der Waals surface area contributed by atoms with Crippen molar-refractivity contribution >= 4 is 111 Å². The van der Waals surface area contributed by atoms with E-state index in [-0.39, 0.29) is 88.5 Å². The van der Waals surface area contributed by atoms with Crippen LogP contribution in [0.2, 0.25) is 0 Å². The lowest BCUT2D eigenvalue weighted by Crippen LogP contribution is -2.28. The van der Waals surface area contributed by atoms with E-state index in [4.69, 9.17) is 5.53 Å². The average molecular weight is 1220 g/mol. The van der Waals surface area contributed by atoms with Gasteiger partial charge in [0.15, 0.2) is 5.71 Å². The van der Waals surface area contributed by atoms with E-state index in [0.717, 1.165) is 12.1 Å². The van der Waals surface area contributed by atoms with E-state index >= 15 is 0 Å². The monoisotopic (exact) mass is 1220 g/mol. The van der Waals surface area contributed by atoms with Crippen molar-refractivity contribution < 1.29 is 87.2 Å². The van der Waals surface area contributed by atoms with Crippen LogP contribution < -0.4 is 10.2 Å². The fraction of sp³-hybridized carbons (Fsp3) is 0.312. The molecule has 3 heterocycles. The zero-order valence-electron chi connectivity index (χ0n) is 42.6. The highest BCUT2D eigenvalue weighted by atomic mass is 32.2. The Balaban J connectivity index is 1.48. The molecule has 0 spiro atoms. The predicted molar refractivity (Wildman–Crippen MR) is 293 cm³/mol. The third-order valence-corrected chi connectivity index (χ3v) is 18.5. The van der Waals surface area contributed by atoms with Crippen molar-refractivity contribution in [2.24, 2.45) is 5.11 Å². The molecule has 0 saturated heterocycles. The summed E-state index contributed by atoms with van der Waals surface area (Å²) in [6.45, 7) is 6.63. The number of rotatable bonds is 21. The minimum atomic E-state index is -5.15. The van der Waals surface area contributed by atoms with Crippen molar-refractivity contribution in [1.82, 2.24) is 10.3 Å².